The molecule has 0 atom stereocenters. The third-order valence-electron chi connectivity index (χ3n) is 2.68. The van der Waals surface area contributed by atoms with Crippen molar-refractivity contribution >= 4 is 62.5 Å². The highest BCUT2D eigenvalue weighted by molar-refractivity contribution is 9.10. The number of rotatable bonds is 6. The van der Waals surface area contributed by atoms with Crippen molar-refractivity contribution in [2.45, 2.75) is 0 Å². The Balaban J connectivity index is 1.71. The first kappa shape index (κ1) is 17.8. The van der Waals surface area contributed by atoms with Gasteiger partial charge in [0.2, 0.25) is 11.8 Å². The van der Waals surface area contributed by atoms with Crippen LogP contribution in [0.3, 0.4) is 0 Å². The van der Waals surface area contributed by atoms with Gasteiger partial charge in [0, 0.05) is 20.9 Å². The van der Waals surface area contributed by atoms with Gasteiger partial charge in [-0.15, -0.1) is 11.8 Å². The molecule has 120 valence electrons. The summed E-state index contributed by atoms with van der Waals surface area (Å²) in [5.41, 5.74) is 1.36. The molecular weight excluding hydrogens is 400 g/mol. The van der Waals surface area contributed by atoms with Crippen LogP contribution in [0.5, 0.6) is 0 Å². The second-order valence-electron chi connectivity index (χ2n) is 4.61. The summed E-state index contributed by atoms with van der Waals surface area (Å²) in [4.78, 5) is 23.6. The summed E-state index contributed by atoms with van der Waals surface area (Å²) in [5.74, 6) is 0.0737. The summed E-state index contributed by atoms with van der Waals surface area (Å²) in [6, 6.07) is 14.3. The molecule has 0 fully saturated rings. The van der Waals surface area contributed by atoms with Crippen molar-refractivity contribution in [2.24, 2.45) is 0 Å². The van der Waals surface area contributed by atoms with E-state index in [0.29, 0.717) is 16.4 Å². The highest BCUT2D eigenvalue weighted by atomic mass is 79.9. The number of hydrogen-bond acceptors (Lipinski definition) is 3. The molecule has 0 aliphatic heterocycles. The Bertz CT molecular complexity index is 652. The first-order chi connectivity index (χ1) is 11.0. The summed E-state index contributed by atoms with van der Waals surface area (Å²) in [5, 5.41) is 6.07. The van der Waals surface area contributed by atoms with E-state index in [1.165, 1.54) is 11.8 Å². The predicted octanol–water partition coefficient (Wildman–Crippen LogP) is 4.41. The van der Waals surface area contributed by atoms with Crippen LogP contribution in [0, 0.1) is 0 Å². The lowest BCUT2D eigenvalue weighted by Gasteiger charge is -2.07. The van der Waals surface area contributed by atoms with Gasteiger partial charge in [0.1, 0.15) is 0 Å². The maximum absolute atomic E-state index is 11.8. The number of halogens is 2. The van der Waals surface area contributed by atoms with E-state index in [4.69, 9.17) is 11.6 Å². The molecule has 0 saturated heterocycles. The highest BCUT2D eigenvalue weighted by Gasteiger charge is 2.07. The first-order valence-corrected chi connectivity index (χ1v) is 9.04. The second kappa shape index (κ2) is 8.96. The lowest BCUT2D eigenvalue weighted by molar-refractivity contribution is -0.114. The molecule has 0 spiro atoms. The standard InChI is InChI=1S/C16H14BrClN2O2S/c17-11-3-1-5-13(7-11)19-15(21)9-23-10-16(22)20-14-6-2-4-12(18)8-14/h1-8H,9-10H2,(H,19,21)(H,20,22). The van der Waals surface area contributed by atoms with Crippen LogP contribution in [-0.2, 0) is 9.59 Å². The number of carbonyl (C=O) groups excluding carboxylic acids is 2. The van der Waals surface area contributed by atoms with Crippen LogP contribution < -0.4 is 10.6 Å². The molecule has 0 heterocycles. The van der Waals surface area contributed by atoms with E-state index in [0.717, 1.165) is 4.47 Å². The minimum Gasteiger partial charge on any atom is -0.325 e. The fourth-order valence-corrected chi connectivity index (χ4v) is 2.97. The maximum Gasteiger partial charge on any atom is 0.234 e. The van der Waals surface area contributed by atoms with E-state index in [2.05, 4.69) is 26.6 Å². The number of thioether (sulfide) groups is 1. The number of anilines is 2. The van der Waals surface area contributed by atoms with Crippen LogP contribution in [-0.4, -0.2) is 23.3 Å². The largest absolute Gasteiger partial charge is 0.325 e. The van der Waals surface area contributed by atoms with Crippen LogP contribution in [0.15, 0.2) is 53.0 Å². The molecule has 0 bridgehead atoms. The van der Waals surface area contributed by atoms with Crippen LogP contribution >= 0.6 is 39.3 Å². The lowest BCUT2D eigenvalue weighted by atomic mass is 10.3. The molecule has 2 amide bonds. The van der Waals surface area contributed by atoms with Crippen molar-refractivity contribution in [2.75, 3.05) is 22.1 Å². The molecular formula is C16H14BrClN2O2S. The van der Waals surface area contributed by atoms with Gasteiger partial charge in [-0.05, 0) is 36.4 Å². The van der Waals surface area contributed by atoms with E-state index in [1.807, 2.05) is 18.2 Å². The van der Waals surface area contributed by atoms with Crippen LogP contribution in [0.25, 0.3) is 0 Å². The highest BCUT2D eigenvalue weighted by Crippen LogP contribution is 2.17. The SMILES string of the molecule is O=C(CSCC(=O)Nc1cccc(Br)c1)Nc1cccc(Cl)c1. The topological polar surface area (TPSA) is 58.2 Å². The number of carbonyl (C=O) groups is 2. The van der Waals surface area contributed by atoms with Crippen molar-refractivity contribution in [1.29, 1.82) is 0 Å². The summed E-state index contributed by atoms with van der Waals surface area (Å²) >= 11 is 10.4. The smallest absolute Gasteiger partial charge is 0.234 e. The van der Waals surface area contributed by atoms with Gasteiger partial charge >= 0.3 is 0 Å². The Kier molecular flexibility index (Phi) is 6.95. The molecule has 0 unspecified atom stereocenters. The van der Waals surface area contributed by atoms with Crippen molar-refractivity contribution in [3.63, 3.8) is 0 Å². The van der Waals surface area contributed by atoms with Crippen LogP contribution in [0.2, 0.25) is 5.02 Å². The Morgan fingerprint density at radius 2 is 1.52 bits per heavy atom. The molecule has 0 aliphatic carbocycles. The van der Waals surface area contributed by atoms with Gasteiger partial charge in [0.25, 0.3) is 0 Å². The van der Waals surface area contributed by atoms with Crippen molar-refractivity contribution in [3.8, 4) is 0 Å². The minimum absolute atomic E-state index is 0.149. The molecule has 23 heavy (non-hydrogen) atoms. The summed E-state index contributed by atoms with van der Waals surface area (Å²) < 4.78 is 0.892. The third-order valence-corrected chi connectivity index (χ3v) is 4.34. The van der Waals surface area contributed by atoms with Gasteiger partial charge in [0.15, 0.2) is 0 Å². The molecule has 2 rings (SSSR count). The molecule has 4 nitrogen and oxygen atoms in total. The molecule has 0 aromatic heterocycles. The normalized spacial score (nSPS) is 10.2. The molecule has 2 aromatic carbocycles. The zero-order valence-corrected chi connectivity index (χ0v) is 15.2. The van der Waals surface area contributed by atoms with Gasteiger partial charge in [-0.2, -0.15) is 0 Å². The fraction of sp³-hybridized carbons (Fsp3) is 0.125. The fourth-order valence-electron chi connectivity index (χ4n) is 1.76. The average molecular weight is 414 g/mol. The Labute approximate surface area is 152 Å². The molecule has 2 aromatic rings. The summed E-state index contributed by atoms with van der Waals surface area (Å²) in [6.07, 6.45) is 0. The molecule has 0 radical (unpaired) electrons. The number of benzene rings is 2. The van der Waals surface area contributed by atoms with Gasteiger partial charge < -0.3 is 10.6 Å². The monoisotopic (exact) mass is 412 g/mol. The number of hydrogen-bond donors (Lipinski definition) is 2. The van der Waals surface area contributed by atoms with Crippen molar-refractivity contribution in [1.82, 2.24) is 0 Å². The molecule has 2 N–H and O–H groups in total. The van der Waals surface area contributed by atoms with Crippen molar-refractivity contribution in [3.05, 3.63) is 58.0 Å². The molecule has 0 saturated carbocycles. The van der Waals surface area contributed by atoms with E-state index in [9.17, 15) is 9.59 Å². The molecule has 7 heteroatoms. The minimum atomic E-state index is -0.174. The zero-order chi connectivity index (χ0) is 16.7. The van der Waals surface area contributed by atoms with Crippen LogP contribution in [0.1, 0.15) is 0 Å². The quantitative estimate of drug-likeness (QED) is 0.737. The Morgan fingerprint density at radius 3 is 2.09 bits per heavy atom. The average Bonchev–Trinajstić information content (AvgIpc) is 2.47. The van der Waals surface area contributed by atoms with E-state index < -0.39 is 0 Å². The van der Waals surface area contributed by atoms with E-state index in [-0.39, 0.29) is 23.3 Å². The van der Waals surface area contributed by atoms with Gasteiger partial charge in [-0.3, -0.25) is 9.59 Å². The predicted molar refractivity (Wildman–Crippen MR) is 100 cm³/mol. The number of amides is 2. The lowest BCUT2D eigenvalue weighted by Crippen LogP contribution is -2.18. The van der Waals surface area contributed by atoms with E-state index >= 15 is 0 Å². The molecule has 0 aliphatic rings. The zero-order valence-electron chi connectivity index (χ0n) is 12.0. The second-order valence-corrected chi connectivity index (χ2v) is 6.95. The number of nitrogens with one attached hydrogen (secondary N) is 2. The van der Waals surface area contributed by atoms with Gasteiger partial charge in [-0.25, -0.2) is 0 Å². The van der Waals surface area contributed by atoms with Crippen molar-refractivity contribution < 1.29 is 9.59 Å². The Morgan fingerprint density at radius 1 is 0.957 bits per heavy atom. The van der Waals surface area contributed by atoms with Crippen LogP contribution in [0.4, 0.5) is 11.4 Å². The third kappa shape index (κ3) is 6.64. The summed E-state index contributed by atoms with van der Waals surface area (Å²) in [6.45, 7) is 0. The Hall–Kier alpha value is -1.50. The first-order valence-electron chi connectivity index (χ1n) is 6.71. The maximum atomic E-state index is 11.8. The van der Waals surface area contributed by atoms with E-state index in [1.54, 1.807) is 30.3 Å². The summed E-state index contributed by atoms with van der Waals surface area (Å²) in [7, 11) is 0. The van der Waals surface area contributed by atoms with Gasteiger partial charge in [0.05, 0.1) is 11.5 Å². The van der Waals surface area contributed by atoms with Gasteiger partial charge in [-0.1, -0.05) is 39.7 Å².